The first-order valence-corrected chi connectivity index (χ1v) is 7.27. The molecule has 2 radical (unpaired) electrons. The van der Waals surface area contributed by atoms with Crippen molar-refractivity contribution in [3.8, 4) is 22.6 Å². The second kappa shape index (κ2) is 6.52. The number of carbonyl (C=O) groups excluding carboxylic acids is 1. The van der Waals surface area contributed by atoms with Gasteiger partial charge in [-0.3, -0.25) is 0 Å². The Kier molecular flexibility index (Phi) is 4.28. The van der Waals surface area contributed by atoms with Crippen molar-refractivity contribution in [3.63, 3.8) is 0 Å². The Balaban J connectivity index is 1.90. The Morgan fingerprint density at radius 1 is 1.13 bits per heavy atom. The van der Waals surface area contributed by atoms with E-state index in [1.807, 2.05) is 36.4 Å². The van der Waals surface area contributed by atoms with Crippen LogP contribution in [0.2, 0.25) is 0 Å². The van der Waals surface area contributed by atoms with Crippen LogP contribution in [0.5, 0.6) is 0 Å². The summed E-state index contributed by atoms with van der Waals surface area (Å²) in [4.78, 5) is 11.8. The highest BCUT2D eigenvalue weighted by atomic mass is 16.5. The van der Waals surface area contributed by atoms with Crippen LogP contribution < -0.4 is 5.46 Å². The van der Waals surface area contributed by atoms with Gasteiger partial charge in [0.1, 0.15) is 13.5 Å². The van der Waals surface area contributed by atoms with Crippen LogP contribution in [0, 0.1) is 0 Å². The molecule has 0 bridgehead atoms. The summed E-state index contributed by atoms with van der Waals surface area (Å²) in [6, 6.07) is 16.3. The highest BCUT2D eigenvalue weighted by Crippen LogP contribution is 2.26. The summed E-state index contributed by atoms with van der Waals surface area (Å²) in [6.45, 7) is 2.11. The lowest BCUT2D eigenvalue weighted by Crippen LogP contribution is -2.04. The zero-order valence-electron chi connectivity index (χ0n) is 12.7. The predicted octanol–water partition coefficient (Wildman–Crippen LogP) is 2.98. The highest BCUT2D eigenvalue weighted by Gasteiger charge is 2.12. The monoisotopic (exact) mass is 303 g/mol. The molecule has 0 saturated carbocycles. The summed E-state index contributed by atoms with van der Waals surface area (Å²) in [5.41, 5.74) is 3.57. The van der Waals surface area contributed by atoms with E-state index in [9.17, 15) is 4.79 Å². The molecular weight excluding hydrogens is 289 g/mol. The first kappa shape index (κ1) is 15.1. The van der Waals surface area contributed by atoms with Gasteiger partial charge < -0.3 is 9.26 Å². The second-order valence-electron chi connectivity index (χ2n) is 5.00. The molecule has 0 spiro atoms. The molecule has 0 atom stereocenters. The summed E-state index contributed by atoms with van der Waals surface area (Å²) in [7, 11) is 5.68. The van der Waals surface area contributed by atoms with Crippen molar-refractivity contribution in [3.05, 3.63) is 60.2 Å². The van der Waals surface area contributed by atoms with E-state index >= 15 is 0 Å². The van der Waals surface area contributed by atoms with Crippen molar-refractivity contribution < 1.29 is 14.1 Å². The summed E-state index contributed by atoms with van der Waals surface area (Å²) in [6.07, 6.45) is 0. The SMILES string of the molecule is [B]c1ccc(-c2cc(-c3cccc(C(=O)OCC)c3)on2)cc1. The van der Waals surface area contributed by atoms with Crippen molar-refractivity contribution in [1.29, 1.82) is 0 Å². The number of hydrogen-bond acceptors (Lipinski definition) is 4. The van der Waals surface area contributed by atoms with Crippen LogP contribution in [-0.4, -0.2) is 25.6 Å². The Hall–Kier alpha value is -2.82. The van der Waals surface area contributed by atoms with E-state index in [1.54, 1.807) is 25.1 Å². The Labute approximate surface area is 135 Å². The van der Waals surface area contributed by atoms with Crippen LogP contribution in [0.25, 0.3) is 22.6 Å². The largest absolute Gasteiger partial charge is 0.462 e. The Morgan fingerprint density at radius 2 is 1.91 bits per heavy atom. The van der Waals surface area contributed by atoms with Gasteiger partial charge in [-0.1, -0.05) is 47.0 Å². The number of benzene rings is 2. The van der Waals surface area contributed by atoms with Crippen LogP contribution in [0.3, 0.4) is 0 Å². The molecule has 0 aliphatic rings. The van der Waals surface area contributed by atoms with Gasteiger partial charge >= 0.3 is 5.97 Å². The zero-order valence-corrected chi connectivity index (χ0v) is 12.7. The summed E-state index contributed by atoms with van der Waals surface area (Å²) in [5.74, 6) is 0.232. The number of esters is 1. The van der Waals surface area contributed by atoms with Gasteiger partial charge in [0.15, 0.2) is 5.76 Å². The second-order valence-corrected chi connectivity index (χ2v) is 5.00. The third-order valence-electron chi connectivity index (χ3n) is 3.37. The van der Waals surface area contributed by atoms with Gasteiger partial charge in [-0.05, 0) is 19.1 Å². The molecule has 5 heteroatoms. The van der Waals surface area contributed by atoms with Crippen LogP contribution in [0.1, 0.15) is 17.3 Å². The first-order chi connectivity index (χ1) is 11.2. The summed E-state index contributed by atoms with van der Waals surface area (Å²) in [5, 5.41) is 4.07. The number of aromatic nitrogens is 1. The van der Waals surface area contributed by atoms with Gasteiger partial charge in [0.05, 0.1) is 12.2 Å². The molecule has 112 valence electrons. The zero-order chi connectivity index (χ0) is 16.2. The highest BCUT2D eigenvalue weighted by molar-refractivity contribution is 6.32. The minimum Gasteiger partial charge on any atom is -0.462 e. The number of hydrogen-bond donors (Lipinski definition) is 0. The fraction of sp³-hybridized carbons (Fsp3) is 0.111. The minimum absolute atomic E-state index is 0.340. The topological polar surface area (TPSA) is 52.3 Å². The van der Waals surface area contributed by atoms with E-state index in [4.69, 9.17) is 17.1 Å². The summed E-state index contributed by atoms with van der Waals surface area (Å²) < 4.78 is 10.4. The van der Waals surface area contributed by atoms with E-state index in [1.165, 1.54) is 0 Å². The molecule has 23 heavy (non-hydrogen) atoms. The van der Waals surface area contributed by atoms with Crippen LogP contribution in [0.15, 0.2) is 59.1 Å². The number of ether oxygens (including phenoxy) is 1. The number of carbonyl (C=O) groups is 1. The van der Waals surface area contributed by atoms with Crippen LogP contribution >= 0.6 is 0 Å². The van der Waals surface area contributed by atoms with Crippen molar-refractivity contribution in [1.82, 2.24) is 5.16 Å². The maximum atomic E-state index is 11.8. The molecule has 2 aromatic carbocycles. The molecule has 1 aromatic heterocycles. The molecule has 3 rings (SSSR count). The third-order valence-corrected chi connectivity index (χ3v) is 3.37. The third kappa shape index (κ3) is 3.34. The molecule has 4 nitrogen and oxygen atoms in total. The average Bonchev–Trinajstić information content (AvgIpc) is 3.06. The lowest BCUT2D eigenvalue weighted by atomic mass is 9.95. The molecule has 0 saturated heterocycles. The van der Waals surface area contributed by atoms with Crippen molar-refractivity contribution in [2.24, 2.45) is 0 Å². The summed E-state index contributed by atoms with van der Waals surface area (Å²) >= 11 is 0. The van der Waals surface area contributed by atoms with Gasteiger partial charge in [-0.25, -0.2) is 4.79 Å². The molecular formula is C18H14BNO3. The van der Waals surface area contributed by atoms with Crippen LogP contribution in [0.4, 0.5) is 0 Å². The molecule has 0 amide bonds. The number of nitrogens with zero attached hydrogens (tertiary/aromatic N) is 1. The number of rotatable bonds is 4. The maximum absolute atomic E-state index is 11.8. The van der Waals surface area contributed by atoms with E-state index in [-0.39, 0.29) is 5.97 Å². The molecule has 0 N–H and O–H groups in total. The minimum atomic E-state index is -0.354. The first-order valence-electron chi connectivity index (χ1n) is 7.27. The molecule has 0 unspecified atom stereocenters. The van der Waals surface area contributed by atoms with Gasteiger partial charge in [0.25, 0.3) is 0 Å². The van der Waals surface area contributed by atoms with E-state index in [0.717, 1.165) is 11.1 Å². The van der Waals surface area contributed by atoms with Crippen molar-refractivity contribution >= 4 is 19.3 Å². The van der Waals surface area contributed by atoms with E-state index in [2.05, 4.69) is 5.16 Å². The van der Waals surface area contributed by atoms with Gasteiger partial charge in [0.2, 0.25) is 0 Å². The van der Waals surface area contributed by atoms with Gasteiger partial charge in [0, 0.05) is 17.2 Å². The normalized spacial score (nSPS) is 10.5. The smallest absolute Gasteiger partial charge is 0.338 e. The van der Waals surface area contributed by atoms with Crippen molar-refractivity contribution in [2.75, 3.05) is 6.61 Å². The van der Waals surface area contributed by atoms with Crippen LogP contribution in [-0.2, 0) is 4.74 Å². The standard InChI is InChI=1S/C18H14BNO3/c1-2-22-18(21)14-5-3-4-13(10-14)17-11-16(20-23-17)12-6-8-15(19)9-7-12/h3-11H,2H2,1H3. The Bertz CT molecular complexity index is 824. The van der Waals surface area contributed by atoms with E-state index < -0.39 is 0 Å². The average molecular weight is 303 g/mol. The molecule has 0 aliphatic heterocycles. The maximum Gasteiger partial charge on any atom is 0.338 e. The molecule has 0 aliphatic carbocycles. The molecule has 3 aromatic rings. The van der Waals surface area contributed by atoms with Gasteiger partial charge in [-0.15, -0.1) is 0 Å². The fourth-order valence-electron chi connectivity index (χ4n) is 2.22. The molecule has 0 fully saturated rings. The Morgan fingerprint density at radius 3 is 2.65 bits per heavy atom. The quantitative estimate of drug-likeness (QED) is 0.549. The molecule has 1 heterocycles. The van der Waals surface area contributed by atoms with E-state index in [0.29, 0.717) is 29.1 Å². The fourth-order valence-corrected chi connectivity index (χ4v) is 2.22. The van der Waals surface area contributed by atoms with Crippen molar-refractivity contribution in [2.45, 2.75) is 6.92 Å². The lowest BCUT2D eigenvalue weighted by Gasteiger charge is -2.02. The van der Waals surface area contributed by atoms with Gasteiger partial charge in [-0.2, -0.15) is 0 Å². The lowest BCUT2D eigenvalue weighted by molar-refractivity contribution is 0.0526. The predicted molar refractivity (Wildman–Crippen MR) is 88.7 cm³/mol.